The van der Waals surface area contributed by atoms with Gasteiger partial charge < -0.3 is 15.8 Å². The second-order valence-electron chi connectivity index (χ2n) is 3.79. The first-order chi connectivity index (χ1) is 8.13. The van der Waals surface area contributed by atoms with E-state index in [1.54, 1.807) is 7.11 Å². The number of guanidine groups is 1. The highest BCUT2D eigenvalue weighted by molar-refractivity contribution is 14.0. The van der Waals surface area contributed by atoms with Gasteiger partial charge in [-0.1, -0.05) is 29.8 Å². The van der Waals surface area contributed by atoms with E-state index in [-0.39, 0.29) is 30.0 Å². The fraction of sp³-hybridized carbons (Fsp3) is 0.417. The average molecular weight is 384 g/mol. The highest BCUT2D eigenvalue weighted by Gasteiger charge is 2.02. The van der Waals surface area contributed by atoms with Crippen molar-refractivity contribution in [3.05, 3.63) is 34.9 Å². The minimum Gasteiger partial charge on any atom is -0.383 e. The minimum absolute atomic E-state index is 0. The smallest absolute Gasteiger partial charge is 0.189 e. The molecule has 1 aromatic rings. The molecule has 0 aliphatic carbocycles. The number of benzene rings is 1. The first-order valence-corrected chi connectivity index (χ1v) is 5.80. The van der Waals surface area contributed by atoms with Crippen LogP contribution in [-0.4, -0.2) is 25.7 Å². The lowest BCUT2D eigenvalue weighted by atomic mass is 10.2. The van der Waals surface area contributed by atoms with Crippen LogP contribution in [0.3, 0.4) is 0 Å². The average Bonchev–Trinajstić information content (AvgIpc) is 2.28. The molecule has 0 bridgehead atoms. The van der Waals surface area contributed by atoms with Gasteiger partial charge in [0.25, 0.3) is 0 Å². The Labute approximate surface area is 130 Å². The van der Waals surface area contributed by atoms with Gasteiger partial charge in [0, 0.05) is 18.2 Å². The lowest BCUT2D eigenvalue weighted by molar-refractivity contribution is 0.179. The van der Waals surface area contributed by atoms with E-state index in [0.717, 1.165) is 5.56 Å². The summed E-state index contributed by atoms with van der Waals surface area (Å²) < 4.78 is 4.99. The van der Waals surface area contributed by atoms with Crippen LogP contribution < -0.4 is 11.1 Å². The number of halogens is 2. The number of ether oxygens (including phenoxy) is 1. The molecule has 0 saturated heterocycles. The third kappa shape index (κ3) is 6.42. The van der Waals surface area contributed by atoms with Crippen LogP contribution in [0, 0.1) is 0 Å². The molecule has 0 aromatic heterocycles. The van der Waals surface area contributed by atoms with Crippen molar-refractivity contribution in [2.45, 2.75) is 19.5 Å². The molecule has 6 heteroatoms. The molecule has 0 aliphatic heterocycles. The Morgan fingerprint density at radius 1 is 1.50 bits per heavy atom. The molecule has 18 heavy (non-hydrogen) atoms. The molecule has 0 heterocycles. The summed E-state index contributed by atoms with van der Waals surface area (Å²) in [7, 11) is 1.65. The van der Waals surface area contributed by atoms with Crippen molar-refractivity contribution in [2.75, 3.05) is 13.7 Å². The molecule has 1 aromatic carbocycles. The molecule has 102 valence electrons. The van der Waals surface area contributed by atoms with Crippen LogP contribution in [0.4, 0.5) is 0 Å². The van der Waals surface area contributed by atoms with Crippen LogP contribution in [0.5, 0.6) is 0 Å². The maximum absolute atomic E-state index is 6.01. The quantitative estimate of drug-likeness (QED) is 0.466. The number of hydrogen-bond donors (Lipinski definition) is 2. The van der Waals surface area contributed by atoms with Crippen LogP contribution in [-0.2, 0) is 11.3 Å². The van der Waals surface area contributed by atoms with E-state index in [2.05, 4.69) is 10.3 Å². The summed E-state index contributed by atoms with van der Waals surface area (Å²) in [5, 5.41) is 3.73. The van der Waals surface area contributed by atoms with Gasteiger partial charge in [0.05, 0.1) is 13.2 Å². The molecule has 0 spiro atoms. The molecule has 0 aliphatic rings. The minimum atomic E-state index is 0. The molecule has 1 unspecified atom stereocenters. The first kappa shape index (κ1) is 17.5. The molecule has 4 nitrogen and oxygen atoms in total. The van der Waals surface area contributed by atoms with Crippen LogP contribution >= 0.6 is 35.6 Å². The van der Waals surface area contributed by atoms with Gasteiger partial charge in [0.15, 0.2) is 5.96 Å². The van der Waals surface area contributed by atoms with Gasteiger partial charge in [-0.15, -0.1) is 24.0 Å². The molecule has 0 radical (unpaired) electrons. The topological polar surface area (TPSA) is 59.6 Å². The molecule has 3 N–H and O–H groups in total. The number of hydrogen-bond acceptors (Lipinski definition) is 2. The van der Waals surface area contributed by atoms with Gasteiger partial charge in [-0.3, -0.25) is 0 Å². The standard InChI is InChI=1S/C12H18ClN3O.HI/c1-9(8-17-2)16-12(14)15-7-10-5-3-4-6-11(10)13;/h3-6,9H,7-8H2,1-2H3,(H3,14,15,16);1H. The summed E-state index contributed by atoms with van der Waals surface area (Å²) in [4.78, 5) is 4.22. The van der Waals surface area contributed by atoms with Crippen molar-refractivity contribution in [3.8, 4) is 0 Å². The zero-order valence-electron chi connectivity index (χ0n) is 10.5. The molecular formula is C12H19ClIN3O. The van der Waals surface area contributed by atoms with Crippen LogP contribution in [0.1, 0.15) is 12.5 Å². The first-order valence-electron chi connectivity index (χ1n) is 5.42. The maximum atomic E-state index is 6.01. The summed E-state index contributed by atoms with van der Waals surface area (Å²) in [6.07, 6.45) is 0. The van der Waals surface area contributed by atoms with Crippen molar-refractivity contribution < 1.29 is 4.74 Å². The van der Waals surface area contributed by atoms with Gasteiger partial charge in [0.2, 0.25) is 0 Å². The van der Waals surface area contributed by atoms with E-state index in [0.29, 0.717) is 24.1 Å². The fourth-order valence-electron chi connectivity index (χ4n) is 1.39. The second-order valence-corrected chi connectivity index (χ2v) is 4.20. The van der Waals surface area contributed by atoms with Gasteiger partial charge in [-0.2, -0.15) is 0 Å². The van der Waals surface area contributed by atoms with Crippen molar-refractivity contribution >= 4 is 41.5 Å². The van der Waals surface area contributed by atoms with Crippen molar-refractivity contribution in [1.29, 1.82) is 0 Å². The molecule has 0 saturated carbocycles. The fourth-order valence-corrected chi connectivity index (χ4v) is 1.58. The SMILES string of the molecule is COCC(C)NC(N)=NCc1ccccc1Cl.I. The molecule has 0 amide bonds. The number of nitrogens with two attached hydrogens (primary N) is 1. The van der Waals surface area contributed by atoms with E-state index >= 15 is 0 Å². The lowest BCUT2D eigenvalue weighted by Gasteiger charge is -2.13. The number of methoxy groups -OCH3 is 1. The third-order valence-electron chi connectivity index (χ3n) is 2.19. The molecule has 1 atom stereocenters. The Bertz CT molecular complexity index is 387. The van der Waals surface area contributed by atoms with Crippen molar-refractivity contribution in [2.24, 2.45) is 10.7 Å². The number of nitrogens with one attached hydrogen (secondary N) is 1. The Morgan fingerprint density at radius 2 is 2.17 bits per heavy atom. The maximum Gasteiger partial charge on any atom is 0.189 e. The summed E-state index contributed by atoms with van der Waals surface area (Å²) in [6, 6.07) is 7.71. The van der Waals surface area contributed by atoms with E-state index in [1.807, 2.05) is 31.2 Å². The Morgan fingerprint density at radius 3 is 2.78 bits per heavy atom. The van der Waals surface area contributed by atoms with Crippen LogP contribution in [0.25, 0.3) is 0 Å². The van der Waals surface area contributed by atoms with Gasteiger partial charge >= 0.3 is 0 Å². The molecule has 1 rings (SSSR count). The second kappa shape index (κ2) is 9.41. The highest BCUT2D eigenvalue weighted by atomic mass is 127. The van der Waals surface area contributed by atoms with Gasteiger partial charge in [0.1, 0.15) is 0 Å². The van der Waals surface area contributed by atoms with E-state index in [9.17, 15) is 0 Å². The number of nitrogens with zero attached hydrogens (tertiary/aromatic N) is 1. The summed E-state index contributed by atoms with van der Waals surface area (Å²) in [5.74, 6) is 0.398. The monoisotopic (exact) mass is 383 g/mol. The zero-order chi connectivity index (χ0) is 12.7. The van der Waals surface area contributed by atoms with Crippen LogP contribution in [0.2, 0.25) is 5.02 Å². The molecule has 0 fully saturated rings. The van der Waals surface area contributed by atoms with Crippen molar-refractivity contribution in [3.63, 3.8) is 0 Å². The van der Waals surface area contributed by atoms with E-state index < -0.39 is 0 Å². The molecular weight excluding hydrogens is 365 g/mol. The Balaban J connectivity index is 0.00000289. The largest absolute Gasteiger partial charge is 0.383 e. The third-order valence-corrected chi connectivity index (χ3v) is 2.56. The Kier molecular flexibility index (Phi) is 9.13. The normalized spacial score (nSPS) is 12.7. The van der Waals surface area contributed by atoms with Crippen LogP contribution in [0.15, 0.2) is 29.3 Å². The Hall–Kier alpha value is -0.530. The highest BCUT2D eigenvalue weighted by Crippen LogP contribution is 2.15. The van der Waals surface area contributed by atoms with Crippen molar-refractivity contribution in [1.82, 2.24) is 5.32 Å². The lowest BCUT2D eigenvalue weighted by Crippen LogP contribution is -2.40. The van der Waals surface area contributed by atoms with E-state index in [4.69, 9.17) is 22.1 Å². The van der Waals surface area contributed by atoms with E-state index in [1.165, 1.54) is 0 Å². The number of aliphatic imine (C=N–C) groups is 1. The summed E-state index contributed by atoms with van der Waals surface area (Å²) >= 11 is 6.01. The zero-order valence-corrected chi connectivity index (χ0v) is 13.6. The summed E-state index contributed by atoms with van der Waals surface area (Å²) in [5.41, 5.74) is 6.70. The number of rotatable bonds is 5. The predicted molar refractivity (Wildman–Crippen MR) is 86.7 cm³/mol. The van der Waals surface area contributed by atoms with Gasteiger partial charge in [-0.05, 0) is 18.6 Å². The van der Waals surface area contributed by atoms with Gasteiger partial charge in [-0.25, -0.2) is 4.99 Å². The predicted octanol–water partition coefficient (Wildman–Crippen LogP) is 2.40. The summed E-state index contributed by atoms with van der Waals surface area (Å²) in [6.45, 7) is 3.03.